The molecule has 3 aromatic rings. The number of fused-ring (bicyclic) bond motifs is 1. The molecule has 1 aromatic heterocycles. The van der Waals surface area contributed by atoms with Crippen molar-refractivity contribution in [3.05, 3.63) is 76.7 Å². The molecular formula is C28H31N3O5. The monoisotopic (exact) mass is 489 g/mol. The van der Waals surface area contributed by atoms with Crippen LogP contribution in [0.1, 0.15) is 65.0 Å². The summed E-state index contributed by atoms with van der Waals surface area (Å²) in [6.07, 6.45) is 5.21. The van der Waals surface area contributed by atoms with Crippen LogP contribution in [0, 0.1) is 12.8 Å². The molecule has 8 nitrogen and oxygen atoms in total. The number of benzene rings is 2. The Hall–Kier alpha value is -3.81. The van der Waals surface area contributed by atoms with Crippen LogP contribution >= 0.6 is 0 Å². The average molecular weight is 490 g/mol. The molecule has 0 unspecified atom stereocenters. The quantitative estimate of drug-likeness (QED) is 0.491. The van der Waals surface area contributed by atoms with E-state index < -0.39 is 0 Å². The highest BCUT2D eigenvalue weighted by Gasteiger charge is 2.27. The van der Waals surface area contributed by atoms with Gasteiger partial charge in [-0.1, -0.05) is 60.3 Å². The van der Waals surface area contributed by atoms with Crippen molar-refractivity contribution >= 4 is 11.8 Å². The predicted molar refractivity (Wildman–Crippen MR) is 132 cm³/mol. The van der Waals surface area contributed by atoms with Gasteiger partial charge in [0.15, 0.2) is 23.0 Å². The number of ether oxygens (including phenoxy) is 2. The molecule has 1 N–H and O–H groups in total. The van der Waals surface area contributed by atoms with E-state index in [4.69, 9.17) is 14.0 Å². The van der Waals surface area contributed by atoms with Gasteiger partial charge in [0.2, 0.25) is 12.7 Å². The predicted octanol–water partition coefficient (Wildman–Crippen LogP) is 4.75. The Balaban J connectivity index is 1.24. The fourth-order valence-corrected chi connectivity index (χ4v) is 4.74. The number of hydrogen-bond donors (Lipinski definition) is 1. The number of nitrogens with one attached hydrogen (secondary N) is 1. The van der Waals surface area contributed by atoms with Gasteiger partial charge < -0.3 is 24.2 Å². The zero-order chi connectivity index (χ0) is 24.9. The Morgan fingerprint density at radius 2 is 1.69 bits per heavy atom. The topological polar surface area (TPSA) is 93.9 Å². The van der Waals surface area contributed by atoms with Crippen molar-refractivity contribution in [2.24, 2.45) is 5.92 Å². The van der Waals surface area contributed by atoms with Gasteiger partial charge in [0.25, 0.3) is 5.91 Å². The van der Waals surface area contributed by atoms with Crippen LogP contribution in [0.25, 0.3) is 0 Å². The number of amides is 2. The van der Waals surface area contributed by atoms with Crippen molar-refractivity contribution in [1.82, 2.24) is 15.4 Å². The first-order valence-corrected chi connectivity index (χ1v) is 12.5. The molecule has 8 heteroatoms. The zero-order valence-electron chi connectivity index (χ0n) is 20.5. The molecule has 188 valence electrons. The fourth-order valence-electron chi connectivity index (χ4n) is 4.74. The summed E-state index contributed by atoms with van der Waals surface area (Å²) < 4.78 is 16.2. The molecule has 0 atom stereocenters. The third-order valence-corrected chi connectivity index (χ3v) is 6.79. The normalized spacial score (nSPS) is 15.0. The van der Waals surface area contributed by atoms with Crippen LogP contribution in [-0.4, -0.2) is 28.7 Å². The minimum Gasteiger partial charge on any atom is -0.454 e. The smallest absolute Gasteiger partial charge is 0.273 e. The standard InChI is InChI=1S/C28H31N3O5/c1-19-7-9-20(10-8-19)16-31(28(33)22-5-3-2-4-6-22)17-23-14-24(30-36-23)27(32)29-15-21-11-12-25-26(13-21)35-18-34-25/h7-14,22H,2-6,15-18H2,1H3,(H,29,32). The summed E-state index contributed by atoms with van der Waals surface area (Å²) in [7, 11) is 0. The van der Waals surface area contributed by atoms with E-state index in [-0.39, 0.29) is 36.8 Å². The summed E-state index contributed by atoms with van der Waals surface area (Å²) in [4.78, 5) is 27.9. The van der Waals surface area contributed by atoms with Crippen molar-refractivity contribution < 1.29 is 23.6 Å². The first kappa shape index (κ1) is 23.9. The second kappa shape index (κ2) is 10.8. The molecule has 0 saturated heterocycles. The van der Waals surface area contributed by atoms with Gasteiger partial charge in [0.1, 0.15) is 0 Å². The first-order chi connectivity index (χ1) is 17.5. The van der Waals surface area contributed by atoms with Crippen LogP contribution in [0.15, 0.2) is 53.1 Å². The summed E-state index contributed by atoms with van der Waals surface area (Å²) in [6.45, 7) is 3.32. The summed E-state index contributed by atoms with van der Waals surface area (Å²) in [5.41, 5.74) is 3.31. The Morgan fingerprint density at radius 3 is 2.50 bits per heavy atom. The van der Waals surface area contributed by atoms with Gasteiger partial charge in [-0.3, -0.25) is 9.59 Å². The lowest BCUT2D eigenvalue weighted by Gasteiger charge is -2.29. The van der Waals surface area contributed by atoms with E-state index >= 15 is 0 Å². The minimum absolute atomic E-state index is 0.0385. The summed E-state index contributed by atoms with van der Waals surface area (Å²) in [6, 6.07) is 15.4. The molecular weight excluding hydrogens is 458 g/mol. The molecule has 1 aliphatic heterocycles. The lowest BCUT2D eigenvalue weighted by molar-refractivity contribution is -0.138. The molecule has 0 radical (unpaired) electrons. The van der Waals surface area contributed by atoms with Gasteiger partial charge in [0.05, 0.1) is 6.54 Å². The third-order valence-electron chi connectivity index (χ3n) is 6.79. The maximum Gasteiger partial charge on any atom is 0.273 e. The number of carbonyl (C=O) groups excluding carboxylic acids is 2. The van der Waals surface area contributed by atoms with Gasteiger partial charge in [-0.25, -0.2) is 0 Å². The minimum atomic E-state index is -0.341. The van der Waals surface area contributed by atoms with E-state index in [2.05, 4.69) is 22.6 Å². The van der Waals surface area contributed by atoms with Crippen molar-refractivity contribution in [2.75, 3.05) is 6.79 Å². The highest BCUT2D eigenvalue weighted by Crippen LogP contribution is 2.32. The Bertz CT molecular complexity index is 1210. The Labute approximate surface area is 210 Å². The van der Waals surface area contributed by atoms with Crippen molar-refractivity contribution in [3.63, 3.8) is 0 Å². The van der Waals surface area contributed by atoms with Gasteiger partial charge >= 0.3 is 0 Å². The van der Waals surface area contributed by atoms with Gasteiger partial charge in [-0.15, -0.1) is 0 Å². The van der Waals surface area contributed by atoms with E-state index in [0.29, 0.717) is 30.3 Å². The number of nitrogens with zero attached hydrogens (tertiary/aromatic N) is 2. The van der Waals surface area contributed by atoms with Crippen LogP contribution in [0.2, 0.25) is 0 Å². The summed E-state index contributed by atoms with van der Waals surface area (Å²) in [5, 5.41) is 6.81. The second-order valence-electron chi connectivity index (χ2n) is 9.56. The molecule has 2 aromatic carbocycles. The number of aryl methyl sites for hydroxylation is 1. The maximum atomic E-state index is 13.4. The summed E-state index contributed by atoms with van der Waals surface area (Å²) in [5.74, 6) is 1.69. The Kier molecular flexibility index (Phi) is 7.21. The van der Waals surface area contributed by atoms with E-state index in [1.54, 1.807) is 6.07 Å². The first-order valence-electron chi connectivity index (χ1n) is 12.5. The van der Waals surface area contributed by atoms with Crippen LogP contribution in [-0.2, 0) is 24.4 Å². The number of aromatic nitrogens is 1. The van der Waals surface area contributed by atoms with Crippen molar-refractivity contribution in [2.45, 2.75) is 58.7 Å². The van der Waals surface area contributed by atoms with Crippen LogP contribution < -0.4 is 14.8 Å². The highest BCUT2D eigenvalue weighted by atomic mass is 16.7. The van der Waals surface area contributed by atoms with E-state index in [1.165, 1.54) is 12.0 Å². The number of rotatable bonds is 8. The SMILES string of the molecule is Cc1ccc(CN(Cc2cc(C(=O)NCc3ccc4c(c3)OCO4)no2)C(=O)C2CCCCC2)cc1. The molecule has 1 fully saturated rings. The van der Waals surface area contributed by atoms with Gasteiger partial charge in [-0.05, 0) is 43.0 Å². The zero-order valence-corrected chi connectivity index (χ0v) is 20.5. The molecule has 2 amide bonds. The van der Waals surface area contributed by atoms with Gasteiger partial charge in [-0.2, -0.15) is 0 Å². The largest absolute Gasteiger partial charge is 0.454 e. The lowest BCUT2D eigenvalue weighted by Crippen LogP contribution is -2.36. The van der Waals surface area contributed by atoms with Crippen LogP contribution in [0.3, 0.4) is 0 Å². The molecule has 1 saturated carbocycles. The second-order valence-corrected chi connectivity index (χ2v) is 9.56. The third kappa shape index (κ3) is 5.70. The number of hydrogen-bond acceptors (Lipinski definition) is 6. The van der Waals surface area contributed by atoms with Crippen LogP contribution in [0.4, 0.5) is 0 Å². The molecule has 0 spiro atoms. The summed E-state index contributed by atoms with van der Waals surface area (Å²) >= 11 is 0. The van der Waals surface area contributed by atoms with E-state index in [9.17, 15) is 9.59 Å². The lowest BCUT2D eigenvalue weighted by atomic mass is 9.88. The van der Waals surface area contributed by atoms with E-state index in [0.717, 1.165) is 36.8 Å². The molecule has 2 heterocycles. The van der Waals surface area contributed by atoms with Crippen molar-refractivity contribution in [1.29, 1.82) is 0 Å². The molecule has 5 rings (SSSR count). The van der Waals surface area contributed by atoms with Gasteiger partial charge in [0, 0.05) is 25.1 Å². The maximum absolute atomic E-state index is 13.4. The molecule has 1 aliphatic carbocycles. The highest BCUT2D eigenvalue weighted by molar-refractivity contribution is 5.92. The Morgan fingerprint density at radius 1 is 0.944 bits per heavy atom. The molecule has 0 bridgehead atoms. The van der Waals surface area contributed by atoms with Crippen LogP contribution in [0.5, 0.6) is 11.5 Å². The molecule has 2 aliphatic rings. The molecule has 36 heavy (non-hydrogen) atoms. The van der Waals surface area contributed by atoms with Crippen molar-refractivity contribution in [3.8, 4) is 11.5 Å². The fraction of sp³-hybridized carbons (Fsp3) is 0.393. The van der Waals surface area contributed by atoms with E-state index in [1.807, 2.05) is 42.2 Å². The number of carbonyl (C=O) groups is 2. The average Bonchev–Trinajstić information content (AvgIpc) is 3.57.